The lowest BCUT2D eigenvalue weighted by Gasteiger charge is -2.10. The normalized spacial score (nSPS) is 10.3. The van der Waals surface area contributed by atoms with E-state index in [2.05, 4.69) is 10.3 Å². The van der Waals surface area contributed by atoms with Gasteiger partial charge >= 0.3 is 5.97 Å². The molecule has 1 amide bonds. The summed E-state index contributed by atoms with van der Waals surface area (Å²) < 4.78 is 10.0. The lowest BCUT2D eigenvalue weighted by Crippen LogP contribution is -2.23. The van der Waals surface area contributed by atoms with Crippen molar-refractivity contribution in [2.75, 3.05) is 19.5 Å². The van der Waals surface area contributed by atoms with Crippen LogP contribution in [-0.2, 0) is 11.3 Å². The molecule has 0 aliphatic heterocycles. The average molecular weight is 370 g/mol. The molecular weight excluding hydrogens is 354 g/mol. The highest BCUT2D eigenvalue weighted by Gasteiger charge is 2.16. The number of benzene rings is 1. The smallest absolute Gasteiger partial charge is 0.357 e. The number of hydrogen-bond donors (Lipinski definition) is 2. The van der Waals surface area contributed by atoms with Crippen molar-refractivity contribution < 1.29 is 19.1 Å². The molecule has 0 bridgehead atoms. The number of methoxy groups -OCH3 is 1. The highest BCUT2D eigenvalue weighted by molar-refractivity contribution is 7.09. The van der Waals surface area contributed by atoms with Gasteiger partial charge in [0.1, 0.15) is 10.8 Å². The van der Waals surface area contributed by atoms with E-state index in [0.717, 1.165) is 0 Å². The van der Waals surface area contributed by atoms with Gasteiger partial charge in [-0.05, 0) is 13.0 Å². The summed E-state index contributed by atoms with van der Waals surface area (Å²) >= 11 is 7.20. The van der Waals surface area contributed by atoms with E-state index in [1.807, 2.05) is 0 Å². The van der Waals surface area contributed by atoms with Crippen molar-refractivity contribution in [2.24, 2.45) is 0 Å². The summed E-state index contributed by atoms with van der Waals surface area (Å²) in [6.45, 7) is 2.16. The number of esters is 1. The zero-order valence-electron chi connectivity index (χ0n) is 13.1. The van der Waals surface area contributed by atoms with Crippen LogP contribution in [0, 0.1) is 0 Å². The molecule has 0 radical (unpaired) electrons. The van der Waals surface area contributed by atoms with Crippen LogP contribution in [0.1, 0.15) is 32.8 Å². The molecule has 2 rings (SSSR count). The van der Waals surface area contributed by atoms with Crippen LogP contribution in [-0.4, -0.2) is 30.6 Å². The van der Waals surface area contributed by atoms with Gasteiger partial charge in [-0.2, -0.15) is 0 Å². The van der Waals surface area contributed by atoms with E-state index >= 15 is 0 Å². The minimum Gasteiger partial charge on any atom is -0.496 e. The highest BCUT2D eigenvalue weighted by atomic mass is 35.5. The molecule has 0 unspecified atom stereocenters. The van der Waals surface area contributed by atoms with Crippen LogP contribution >= 0.6 is 22.9 Å². The number of ether oxygens (including phenoxy) is 2. The van der Waals surface area contributed by atoms with E-state index in [9.17, 15) is 9.59 Å². The fourth-order valence-electron chi connectivity index (χ4n) is 1.86. The van der Waals surface area contributed by atoms with E-state index in [1.54, 1.807) is 12.3 Å². The fourth-order valence-corrected chi connectivity index (χ4v) is 2.72. The first-order valence-electron chi connectivity index (χ1n) is 6.99. The van der Waals surface area contributed by atoms with E-state index < -0.39 is 5.97 Å². The van der Waals surface area contributed by atoms with Gasteiger partial charge in [0.25, 0.3) is 5.91 Å². The predicted molar refractivity (Wildman–Crippen MR) is 91.7 cm³/mol. The molecule has 3 N–H and O–H groups in total. The lowest BCUT2D eigenvalue weighted by atomic mass is 10.1. The van der Waals surface area contributed by atoms with Crippen LogP contribution in [0.15, 0.2) is 17.5 Å². The van der Waals surface area contributed by atoms with Gasteiger partial charge in [-0.1, -0.05) is 11.6 Å². The summed E-state index contributed by atoms with van der Waals surface area (Å²) in [7, 11) is 1.44. The number of nitrogens with two attached hydrogens (primary N) is 1. The topological polar surface area (TPSA) is 104 Å². The zero-order valence-corrected chi connectivity index (χ0v) is 14.7. The first-order valence-corrected chi connectivity index (χ1v) is 8.24. The summed E-state index contributed by atoms with van der Waals surface area (Å²) in [5.74, 6) is -0.555. The number of amides is 1. The molecule has 0 aliphatic rings. The zero-order chi connectivity index (χ0) is 17.7. The highest BCUT2D eigenvalue weighted by Crippen LogP contribution is 2.28. The quantitative estimate of drug-likeness (QED) is 0.599. The number of nitrogens with one attached hydrogen (secondary N) is 1. The summed E-state index contributed by atoms with van der Waals surface area (Å²) in [6.07, 6.45) is 0. The molecule has 9 heteroatoms. The van der Waals surface area contributed by atoms with Gasteiger partial charge < -0.3 is 20.5 Å². The van der Waals surface area contributed by atoms with Gasteiger partial charge in [0, 0.05) is 11.4 Å². The third-order valence-electron chi connectivity index (χ3n) is 3.00. The Morgan fingerprint density at radius 1 is 1.42 bits per heavy atom. The number of nitrogens with zero attached hydrogens (tertiary/aromatic N) is 1. The molecule has 2 aromatic rings. The van der Waals surface area contributed by atoms with E-state index in [4.69, 9.17) is 26.8 Å². The average Bonchev–Trinajstić information content (AvgIpc) is 3.04. The Labute approximate surface area is 147 Å². The third kappa shape index (κ3) is 4.15. The number of carbonyl (C=O) groups is 2. The third-order valence-corrected chi connectivity index (χ3v) is 4.18. The number of rotatable bonds is 6. The van der Waals surface area contributed by atoms with E-state index in [1.165, 1.54) is 30.6 Å². The van der Waals surface area contributed by atoms with Crippen LogP contribution in [0.4, 0.5) is 5.69 Å². The Bertz CT molecular complexity index is 763. The van der Waals surface area contributed by atoms with Gasteiger partial charge in [0.2, 0.25) is 0 Å². The second-order valence-electron chi connectivity index (χ2n) is 4.60. The van der Waals surface area contributed by atoms with Crippen LogP contribution in [0.25, 0.3) is 0 Å². The molecule has 0 saturated carbocycles. The Hall–Kier alpha value is -2.32. The summed E-state index contributed by atoms with van der Waals surface area (Å²) in [6, 6.07) is 2.93. The van der Waals surface area contributed by atoms with Crippen molar-refractivity contribution in [3.05, 3.63) is 38.8 Å². The second-order valence-corrected chi connectivity index (χ2v) is 5.95. The van der Waals surface area contributed by atoms with Gasteiger partial charge in [-0.25, -0.2) is 9.78 Å². The molecule has 0 atom stereocenters. The molecule has 0 spiro atoms. The van der Waals surface area contributed by atoms with Crippen molar-refractivity contribution in [2.45, 2.75) is 13.5 Å². The Morgan fingerprint density at radius 2 is 2.17 bits per heavy atom. The molecule has 0 saturated heterocycles. The molecule has 24 heavy (non-hydrogen) atoms. The van der Waals surface area contributed by atoms with Gasteiger partial charge in [-0.3, -0.25) is 4.79 Å². The van der Waals surface area contributed by atoms with Crippen LogP contribution in [0.3, 0.4) is 0 Å². The number of nitrogen functional groups attached to an aromatic ring is 1. The van der Waals surface area contributed by atoms with E-state index in [0.29, 0.717) is 16.4 Å². The minimum absolute atomic E-state index is 0.161. The van der Waals surface area contributed by atoms with Gasteiger partial charge in [0.15, 0.2) is 5.69 Å². The van der Waals surface area contributed by atoms with Crippen LogP contribution < -0.4 is 15.8 Å². The van der Waals surface area contributed by atoms with Crippen molar-refractivity contribution in [3.63, 3.8) is 0 Å². The maximum atomic E-state index is 12.3. The first kappa shape index (κ1) is 18.0. The molecule has 1 aromatic heterocycles. The molecule has 7 nitrogen and oxygen atoms in total. The van der Waals surface area contributed by atoms with Crippen molar-refractivity contribution in [1.29, 1.82) is 0 Å². The standard InChI is InChI=1S/C15H16ClN3O4S/c1-3-23-15(21)11-7-24-13(19-11)6-18-14(20)8-4-9(16)10(17)5-12(8)22-2/h4-5,7H,3,6,17H2,1-2H3,(H,18,20). The maximum absolute atomic E-state index is 12.3. The van der Waals surface area contributed by atoms with E-state index in [-0.39, 0.29) is 35.3 Å². The fraction of sp³-hybridized carbons (Fsp3) is 0.267. The molecular formula is C15H16ClN3O4S. The largest absolute Gasteiger partial charge is 0.496 e. The van der Waals surface area contributed by atoms with Crippen LogP contribution in [0.5, 0.6) is 5.75 Å². The number of hydrogen-bond acceptors (Lipinski definition) is 7. The summed E-state index contributed by atoms with van der Waals surface area (Å²) in [5, 5.41) is 5.12. The summed E-state index contributed by atoms with van der Waals surface area (Å²) in [4.78, 5) is 28.0. The minimum atomic E-state index is -0.488. The number of thiazole rings is 1. The maximum Gasteiger partial charge on any atom is 0.357 e. The van der Waals surface area contributed by atoms with Gasteiger partial charge in [-0.15, -0.1) is 11.3 Å². The van der Waals surface area contributed by atoms with Gasteiger partial charge in [0.05, 0.1) is 36.5 Å². The Balaban J connectivity index is 2.06. The number of aromatic nitrogens is 1. The van der Waals surface area contributed by atoms with Crippen molar-refractivity contribution in [3.8, 4) is 5.75 Å². The lowest BCUT2D eigenvalue weighted by molar-refractivity contribution is 0.0520. The number of carbonyl (C=O) groups excluding carboxylic acids is 2. The summed E-state index contributed by atoms with van der Waals surface area (Å²) in [5.41, 5.74) is 6.50. The van der Waals surface area contributed by atoms with Crippen LogP contribution in [0.2, 0.25) is 5.02 Å². The first-order chi connectivity index (χ1) is 11.5. The van der Waals surface area contributed by atoms with Crippen molar-refractivity contribution in [1.82, 2.24) is 10.3 Å². The predicted octanol–water partition coefficient (Wildman–Crippen LogP) is 2.49. The molecule has 128 valence electrons. The molecule has 0 fully saturated rings. The Kier molecular flexibility index (Phi) is 5.99. The Morgan fingerprint density at radius 3 is 2.83 bits per heavy atom. The number of halogens is 1. The molecule has 1 aromatic carbocycles. The SMILES string of the molecule is CCOC(=O)c1csc(CNC(=O)c2cc(Cl)c(N)cc2OC)n1. The molecule has 1 heterocycles. The second kappa shape index (κ2) is 7.98. The number of anilines is 1. The van der Waals surface area contributed by atoms with Crippen molar-refractivity contribution >= 4 is 40.5 Å². The monoisotopic (exact) mass is 369 g/mol. The molecule has 0 aliphatic carbocycles.